The van der Waals surface area contributed by atoms with Gasteiger partial charge in [-0.25, -0.2) is 9.78 Å². The fraction of sp³-hybridized carbons (Fsp3) is 0.0769. The summed E-state index contributed by atoms with van der Waals surface area (Å²) in [6.07, 6.45) is 1.71. The predicted octanol–water partition coefficient (Wildman–Crippen LogP) is 5.36. The van der Waals surface area contributed by atoms with Crippen LogP contribution < -0.4 is 15.4 Å². The summed E-state index contributed by atoms with van der Waals surface area (Å²) in [6, 6.07) is 21.9. The Labute approximate surface area is 215 Å². The van der Waals surface area contributed by atoms with Gasteiger partial charge in [-0.15, -0.1) is 11.8 Å². The Balaban J connectivity index is 1.50. The van der Waals surface area contributed by atoms with E-state index in [-0.39, 0.29) is 5.91 Å². The van der Waals surface area contributed by atoms with Crippen molar-refractivity contribution in [3.63, 3.8) is 0 Å². The van der Waals surface area contributed by atoms with E-state index in [4.69, 9.17) is 9.84 Å². The van der Waals surface area contributed by atoms with Crippen molar-refractivity contribution in [1.29, 1.82) is 0 Å². The molecule has 3 N–H and O–H groups in total. The minimum Gasteiger partial charge on any atom is -0.497 e. The van der Waals surface area contributed by atoms with Gasteiger partial charge < -0.3 is 20.5 Å². The third kappa shape index (κ3) is 6.49. The number of rotatable bonds is 9. The number of benzene rings is 3. The van der Waals surface area contributed by atoms with Gasteiger partial charge in [-0.3, -0.25) is 9.59 Å². The van der Waals surface area contributed by atoms with Gasteiger partial charge in [0.1, 0.15) is 11.0 Å². The van der Waals surface area contributed by atoms with E-state index >= 15 is 0 Å². The lowest BCUT2D eigenvalue weighted by Crippen LogP contribution is -2.18. The lowest BCUT2D eigenvalue weighted by Gasteiger charge is -2.16. The molecule has 0 aliphatic heterocycles. The number of fused-ring (bicyclic) bond motifs is 1. The fourth-order valence-corrected chi connectivity index (χ4v) is 5.16. The van der Waals surface area contributed by atoms with Crippen molar-refractivity contribution >= 4 is 61.9 Å². The fourth-order valence-electron chi connectivity index (χ4n) is 3.24. The van der Waals surface area contributed by atoms with Crippen molar-refractivity contribution in [2.75, 3.05) is 17.7 Å². The van der Waals surface area contributed by atoms with Crippen LogP contribution in [-0.4, -0.2) is 35.0 Å². The molecule has 1 unspecified atom stereocenters. The number of carbonyl (C=O) groups is 3. The van der Waals surface area contributed by atoms with Gasteiger partial charge in [-0.2, -0.15) is 0 Å². The van der Waals surface area contributed by atoms with Crippen LogP contribution in [0.4, 0.5) is 10.8 Å². The monoisotopic (exact) mass is 519 g/mol. The standard InChI is InChI=1S/C26H21N3O5S2/c1-34-18-9-12-20-21(15-18)36-26(28-20)29-25(33)24(16-5-3-2-4-6-16)35-19-10-7-17(8-11-19)27-22(30)13-14-23(31)32/h2-15,24H,1H3,(H,27,30)(H,31,32)(H,28,29,33)/b14-13+. The van der Waals surface area contributed by atoms with Crippen LogP contribution in [0.3, 0.4) is 0 Å². The molecule has 0 spiro atoms. The van der Waals surface area contributed by atoms with Gasteiger partial charge in [0.15, 0.2) is 5.13 Å². The van der Waals surface area contributed by atoms with Crippen molar-refractivity contribution in [3.8, 4) is 5.75 Å². The zero-order valence-electron chi connectivity index (χ0n) is 19.0. The molecule has 10 heteroatoms. The largest absolute Gasteiger partial charge is 0.497 e. The molecule has 0 bridgehead atoms. The second-order valence-corrected chi connectivity index (χ2v) is 9.64. The first kappa shape index (κ1) is 25.0. The first-order valence-electron chi connectivity index (χ1n) is 10.7. The molecule has 4 rings (SSSR count). The van der Waals surface area contributed by atoms with Gasteiger partial charge in [-0.1, -0.05) is 41.7 Å². The average Bonchev–Trinajstić information content (AvgIpc) is 3.28. The number of hydrogen-bond acceptors (Lipinski definition) is 7. The van der Waals surface area contributed by atoms with Crippen molar-refractivity contribution in [2.24, 2.45) is 0 Å². The summed E-state index contributed by atoms with van der Waals surface area (Å²) < 4.78 is 6.17. The van der Waals surface area contributed by atoms with Crippen molar-refractivity contribution in [2.45, 2.75) is 10.1 Å². The van der Waals surface area contributed by atoms with Crippen LogP contribution in [0.1, 0.15) is 10.8 Å². The van der Waals surface area contributed by atoms with Crippen molar-refractivity contribution in [3.05, 3.63) is 90.5 Å². The van der Waals surface area contributed by atoms with Crippen molar-refractivity contribution in [1.82, 2.24) is 4.98 Å². The third-order valence-electron chi connectivity index (χ3n) is 4.92. The van der Waals surface area contributed by atoms with Gasteiger partial charge in [0.25, 0.3) is 0 Å². The highest BCUT2D eigenvalue weighted by atomic mass is 32.2. The number of methoxy groups -OCH3 is 1. The smallest absolute Gasteiger partial charge is 0.328 e. The van der Waals surface area contributed by atoms with Gasteiger partial charge in [0.2, 0.25) is 11.8 Å². The molecule has 0 saturated carbocycles. The van der Waals surface area contributed by atoms with Gasteiger partial charge in [0, 0.05) is 22.7 Å². The minimum absolute atomic E-state index is 0.214. The van der Waals surface area contributed by atoms with Crippen LogP contribution in [-0.2, 0) is 14.4 Å². The second kappa shape index (κ2) is 11.5. The Morgan fingerprint density at radius 3 is 2.44 bits per heavy atom. The molecule has 0 fully saturated rings. The number of aromatic nitrogens is 1. The SMILES string of the molecule is COc1ccc2nc(NC(=O)C(Sc3ccc(NC(=O)/C=C/C(=O)O)cc3)c3ccccc3)sc2c1. The number of amides is 2. The Hall–Kier alpha value is -4.15. The van der Waals surface area contributed by atoms with E-state index in [1.165, 1.54) is 23.1 Å². The van der Waals surface area contributed by atoms with E-state index in [9.17, 15) is 14.4 Å². The van der Waals surface area contributed by atoms with E-state index in [2.05, 4.69) is 15.6 Å². The highest BCUT2D eigenvalue weighted by molar-refractivity contribution is 8.00. The molecule has 0 aliphatic carbocycles. The normalized spacial score (nSPS) is 11.8. The van der Waals surface area contributed by atoms with Crippen LogP contribution in [0.15, 0.2) is 89.8 Å². The van der Waals surface area contributed by atoms with Crippen LogP contribution in [0, 0.1) is 0 Å². The van der Waals surface area contributed by atoms with E-state index in [1.54, 1.807) is 31.4 Å². The molecule has 1 atom stereocenters. The number of nitrogens with one attached hydrogen (secondary N) is 2. The average molecular weight is 520 g/mol. The summed E-state index contributed by atoms with van der Waals surface area (Å²) in [5.74, 6) is -1.24. The molecule has 3 aromatic carbocycles. The maximum Gasteiger partial charge on any atom is 0.328 e. The number of ether oxygens (including phenoxy) is 1. The Morgan fingerprint density at radius 2 is 1.75 bits per heavy atom. The highest BCUT2D eigenvalue weighted by Crippen LogP contribution is 2.37. The second-order valence-electron chi connectivity index (χ2n) is 7.44. The van der Waals surface area contributed by atoms with E-state index < -0.39 is 17.1 Å². The molecule has 36 heavy (non-hydrogen) atoms. The molecule has 1 aromatic heterocycles. The molecular weight excluding hydrogens is 498 g/mol. The van der Waals surface area contributed by atoms with E-state index in [1.807, 2.05) is 48.5 Å². The highest BCUT2D eigenvalue weighted by Gasteiger charge is 2.23. The molecule has 8 nitrogen and oxygen atoms in total. The number of aliphatic carboxylic acids is 1. The molecular formula is C26H21N3O5S2. The van der Waals surface area contributed by atoms with Crippen LogP contribution in [0.5, 0.6) is 5.75 Å². The number of carboxylic acid groups (broad SMARTS) is 1. The first-order valence-corrected chi connectivity index (χ1v) is 12.4. The number of anilines is 2. The summed E-state index contributed by atoms with van der Waals surface area (Å²) in [5, 5.41) is 14.1. The summed E-state index contributed by atoms with van der Waals surface area (Å²) in [5.41, 5.74) is 2.11. The molecule has 0 saturated heterocycles. The maximum absolute atomic E-state index is 13.4. The molecule has 182 valence electrons. The predicted molar refractivity (Wildman–Crippen MR) is 142 cm³/mol. The van der Waals surface area contributed by atoms with Crippen molar-refractivity contribution < 1.29 is 24.2 Å². The molecule has 4 aromatic rings. The lowest BCUT2D eigenvalue weighted by molar-refractivity contribution is -0.131. The zero-order chi connectivity index (χ0) is 25.5. The summed E-state index contributed by atoms with van der Waals surface area (Å²) in [7, 11) is 1.60. The van der Waals surface area contributed by atoms with Crippen LogP contribution >= 0.6 is 23.1 Å². The minimum atomic E-state index is -1.20. The molecule has 2 amide bonds. The Morgan fingerprint density at radius 1 is 1.00 bits per heavy atom. The number of nitrogens with zero attached hydrogens (tertiary/aromatic N) is 1. The lowest BCUT2D eigenvalue weighted by atomic mass is 10.1. The first-order chi connectivity index (χ1) is 17.4. The topological polar surface area (TPSA) is 118 Å². The molecule has 0 radical (unpaired) electrons. The summed E-state index contributed by atoms with van der Waals surface area (Å²) in [4.78, 5) is 41.0. The third-order valence-corrected chi connectivity index (χ3v) is 7.12. The quantitative estimate of drug-likeness (QED) is 0.201. The Kier molecular flexibility index (Phi) is 7.99. The Bertz CT molecular complexity index is 1420. The number of carboxylic acids is 1. The molecule has 0 aliphatic rings. The number of thioether (sulfide) groups is 1. The number of hydrogen-bond donors (Lipinski definition) is 3. The van der Waals surface area contributed by atoms with Crippen LogP contribution in [0.2, 0.25) is 0 Å². The number of carbonyl (C=O) groups excluding carboxylic acids is 2. The maximum atomic E-state index is 13.4. The summed E-state index contributed by atoms with van der Waals surface area (Å²) in [6.45, 7) is 0. The van der Waals surface area contributed by atoms with Gasteiger partial charge in [-0.05, 0) is 48.0 Å². The van der Waals surface area contributed by atoms with E-state index in [0.717, 1.165) is 38.6 Å². The summed E-state index contributed by atoms with van der Waals surface area (Å²) >= 11 is 2.74. The van der Waals surface area contributed by atoms with Gasteiger partial charge in [0.05, 0.1) is 17.3 Å². The zero-order valence-corrected chi connectivity index (χ0v) is 20.6. The van der Waals surface area contributed by atoms with Gasteiger partial charge >= 0.3 is 5.97 Å². The van der Waals surface area contributed by atoms with E-state index in [0.29, 0.717) is 10.8 Å². The molecule has 1 heterocycles. The van der Waals surface area contributed by atoms with Crippen LogP contribution in [0.25, 0.3) is 10.2 Å². The number of thiazole rings is 1.